The Morgan fingerprint density at radius 1 is 0.846 bits per heavy atom. The number of carbonyl (C=O) groups is 1. The second-order valence-electron chi connectivity index (χ2n) is 10.6. The van der Waals surface area contributed by atoms with E-state index in [0.29, 0.717) is 12.8 Å². The smallest absolute Gasteiger partial charge is 0.432 e. The van der Waals surface area contributed by atoms with E-state index in [1.165, 1.54) is 29.8 Å². The molecule has 0 amide bonds. The van der Waals surface area contributed by atoms with Gasteiger partial charge in [0.05, 0.1) is 0 Å². The van der Waals surface area contributed by atoms with Gasteiger partial charge in [-0.25, -0.2) is 4.79 Å². The van der Waals surface area contributed by atoms with Gasteiger partial charge in [0.15, 0.2) is 6.10 Å². The van der Waals surface area contributed by atoms with Crippen molar-refractivity contribution in [2.45, 2.75) is 76.2 Å². The summed E-state index contributed by atoms with van der Waals surface area (Å²) in [7, 11) is 0.851. The summed E-state index contributed by atoms with van der Waals surface area (Å²) in [6.07, 6.45) is -1.91. The third-order valence-electron chi connectivity index (χ3n) is 6.84. The predicted molar refractivity (Wildman–Crippen MR) is 145 cm³/mol. The van der Waals surface area contributed by atoms with E-state index in [1.54, 1.807) is 6.07 Å². The van der Waals surface area contributed by atoms with Gasteiger partial charge < -0.3 is 9.47 Å². The minimum Gasteiger partial charge on any atom is -0.446 e. The average molecular weight is 535 g/mol. The Morgan fingerprint density at radius 2 is 1.46 bits per heavy atom. The number of halogens is 3. The van der Waals surface area contributed by atoms with E-state index in [2.05, 4.69) is 56.3 Å². The zero-order chi connectivity index (χ0) is 28.5. The molecule has 1 fully saturated rings. The highest BCUT2D eigenvalue weighted by Crippen LogP contribution is 2.43. The number of alkyl halides is 3. The van der Waals surface area contributed by atoms with E-state index in [4.69, 9.17) is 9.47 Å². The molecule has 2 atom stereocenters. The highest BCUT2D eigenvalue weighted by molar-refractivity contribution is 5.83. The lowest BCUT2D eigenvalue weighted by molar-refractivity contribution is -0.278. The normalized spacial score (nSPS) is 16.2. The van der Waals surface area contributed by atoms with Crippen LogP contribution in [0.4, 0.5) is 13.2 Å². The number of rotatable bonds is 5. The average Bonchev–Trinajstić information content (AvgIpc) is 2.90. The Balaban J connectivity index is 1.83. The standard InChI is InChI=1S/C33H33F3O3/c1-31(2,3)27-23-21-25(22-24-27)15-9-5-6-14-20-29(26-16-10-7-11-17-26)39-30(37)32(38-4,33(34,35)36)28-18-12-8-13-19-28/h8,12-13,18-19,21-24,26,29H,7,10-11,16-17H2,1-4H3/t29-,32-/m0/s1. The molecule has 1 saturated carbocycles. The molecule has 3 nitrogen and oxygen atoms in total. The van der Waals surface area contributed by atoms with Gasteiger partial charge in [-0.3, -0.25) is 0 Å². The van der Waals surface area contributed by atoms with E-state index in [1.807, 2.05) is 24.3 Å². The topological polar surface area (TPSA) is 35.5 Å². The van der Waals surface area contributed by atoms with Gasteiger partial charge in [0, 0.05) is 24.2 Å². The van der Waals surface area contributed by atoms with E-state index in [-0.39, 0.29) is 16.9 Å². The van der Waals surface area contributed by atoms with E-state index in [0.717, 1.165) is 31.9 Å². The van der Waals surface area contributed by atoms with Gasteiger partial charge in [-0.2, -0.15) is 13.2 Å². The summed E-state index contributed by atoms with van der Waals surface area (Å²) >= 11 is 0. The Morgan fingerprint density at radius 3 is 2.03 bits per heavy atom. The summed E-state index contributed by atoms with van der Waals surface area (Å²) in [6, 6.07) is 14.7. The molecular formula is C33H33F3O3. The lowest BCUT2D eigenvalue weighted by atomic mass is 9.85. The monoisotopic (exact) mass is 534 g/mol. The summed E-state index contributed by atoms with van der Waals surface area (Å²) in [6.45, 7) is 6.40. The summed E-state index contributed by atoms with van der Waals surface area (Å²) in [5.74, 6) is 14.7. The predicted octanol–water partition coefficient (Wildman–Crippen LogP) is 6.94. The first-order valence-corrected chi connectivity index (χ1v) is 13.0. The summed E-state index contributed by atoms with van der Waals surface area (Å²) in [5.41, 5.74) is -1.57. The molecule has 0 bridgehead atoms. The van der Waals surface area contributed by atoms with Crippen LogP contribution < -0.4 is 0 Å². The van der Waals surface area contributed by atoms with Gasteiger partial charge in [0.2, 0.25) is 0 Å². The third kappa shape index (κ3) is 7.47. The van der Waals surface area contributed by atoms with Crippen molar-refractivity contribution in [1.82, 2.24) is 0 Å². The summed E-state index contributed by atoms with van der Waals surface area (Å²) in [4.78, 5) is 13.2. The minimum absolute atomic E-state index is 0.0454. The first kappa shape index (κ1) is 29.9. The van der Waals surface area contributed by atoms with Crippen LogP contribution in [0, 0.1) is 41.4 Å². The van der Waals surface area contributed by atoms with Gasteiger partial charge in [-0.15, -0.1) is 0 Å². The highest BCUT2D eigenvalue weighted by Gasteiger charge is 2.64. The number of esters is 1. The first-order chi connectivity index (χ1) is 18.5. The van der Waals surface area contributed by atoms with Crippen LogP contribution in [0.2, 0.25) is 0 Å². The van der Waals surface area contributed by atoms with E-state index >= 15 is 0 Å². The SMILES string of the molecule is CO[C@](C(=O)O[C@@H](C#CC#CC#Cc1ccc(C(C)(C)C)cc1)C1CCCCC1)(c1ccccc1)C(F)(F)F. The van der Waals surface area contributed by atoms with Crippen LogP contribution >= 0.6 is 0 Å². The molecule has 0 unspecified atom stereocenters. The van der Waals surface area contributed by atoms with Crippen molar-refractivity contribution in [3.05, 3.63) is 71.3 Å². The van der Waals surface area contributed by atoms with Crippen LogP contribution in [0.25, 0.3) is 0 Å². The van der Waals surface area contributed by atoms with Crippen molar-refractivity contribution in [2.24, 2.45) is 5.92 Å². The molecule has 39 heavy (non-hydrogen) atoms. The highest BCUT2D eigenvalue weighted by atomic mass is 19.4. The van der Waals surface area contributed by atoms with Crippen molar-refractivity contribution in [2.75, 3.05) is 7.11 Å². The van der Waals surface area contributed by atoms with Gasteiger partial charge >= 0.3 is 12.1 Å². The fourth-order valence-corrected chi connectivity index (χ4v) is 4.59. The minimum atomic E-state index is -5.05. The number of hydrogen-bond donors (Lipinski definition) is 0. The molecule has 0 aliphatic heterocycles. The molecule has 0 radical (unpaired) electrons. The second kappa shape index (κ2) is 12.9. The van der Waals surface area contributed by atoms with Crippen LogP contribution in [0.5, 0.6) is 0 Å². The molecule has 0 saturated heterocycles. The molecule has 3 rings (SSSR count). The van der Waals surface area contributed by atoms with Crippen LogP contribution in [-0.4, -0.2) is 25.4 Å². The summed E-state index contributed by atoms with van der Waals surface area (Å²) in [5, 5.41) is 0. The fraction of sp³-hybridized carbons (Fsp3) is 0.424. The third-order valence-corrected chi connectivity index (χ3v) is 6.84. The zero-order valence-electron chi connectivity index (χ0n) is 22.7. The van der Waals surface area contributed by atoms with Crippen molar-refractivity contribution in [3.63, 3.8) is 0 Å². The first-order valence-electron chi connectivity index (χ1n) is 13.0. The molecule has 2 aromatic rings. The Kier molecular flexibility index (Phi) is 9.91. The molecule has 1 aliphatic rings. The van der Waals surface area contributed by atoms with Crippen LogP contribution in [-0.2, 0) is 25.3 Å². The Hall–Kier alpha value is -3.66. The quantitative estimate of drug-likeness (QED) is 0.308. The molecule has 2 aromatic carbocycles. The Bertz CT molecular complexity index is 1300. The number of hydrogen-bond acceptors (Lipinski definition) is 3. The van der Waals surface area contributed by atoms with E-state index < -0.39 is 23.9 Å². The van der Waals surface area contributed by atoms with E-state index in [9.17, 15) is 18.0 Å². The molecule has 1 aliphatic carbocycles. The second-order valence-corrected chi connectivity index (χ2v) is 10.6. The van der Waals surface area contributed by atoms with Crippen molar-refractivity contribution in [1.29, 1.82) is 0 Å². The van der Waals surface area contributed by atoms with Crippen molar-refractivity contribution in [3.8, 4) is 35.5 Å². The molecular weight excluding hydrogens is 501 g/mol. The molecule has 0 aromatic heterocycles. The largest absolute Gasteiger partial charge is 0.446 e. The number of benzene rings is 2. The number of ether oxygens (including phenoxy) is 2. The van der Waals surface area contributed by atoms with Gasteiger partial charge in [-0.1, -0.05) is 88.4 Å². The van der Waals surface area contributed by atoms with Crippen LogP contribution in [0.15, 0.2) is 54.6 Å². The number of methoxy groups -OCH3 is 1. The zero-order valence-corrected chi connectivity index (χ0v) is 22.7. The molecule has 204 valence electrons. The maximum atomic E-state index is 14.3. The van der Waals surface area contributed by atoms with Crippen molar-refractivity contribution >= 4 is 5.97 Å². The van der Waals surface area contributed by atoms with Gasteiger partial charge in [-0.05, 0) is 65.6 Å². The molecule has 0 N–H and O–H groups in total. The van der Waals surface area contributed by atoms with Gasteiger partial charge in [0.25, 0.3) is 5.60 Å². The maximum absolute atomic E-state index is 14.3. The summed E-state index contributed by atoms with van der Waals surface area (Å²) < 4.78 is 53.3. The maximum Gasteiger partial charge on any atom is 0.432 e. The lowest BCUT2D eigenvalue weighted by Gasteiger charge is -2.34. The van der Waals surface area contributed by atoms with Gasteiger partial charge in [0.1, 0.15) is 0 Å². The number of carbonyl (C=O) groups excluding carboxylic acids is 1. The molecule has 0 heterocycles. The van der Waals surface area contributed by atoms with Crippen molar-refractivity contribution < 1.29 is 27.4 Å². The van der Waals surface area contributed by atoms with Crippen LogP contribution in [0.3, 0.4) is 0 Å². The van der Waals surface area contributed by atoms with Crippen LogP contribution in [0.1, 0.15) is 69.6 Å². The fourth-order valence-electron chi connectivity index (χ4n) is 4.59. The Labute approximate surface area is 229 Å². The molecule has 6 heteroatoms. The lowest BCUT2D eigenvalue weighted by Crippen LogP contribution is -2.53. The molecule has 0 spiro atoms.